The van der Waals surface area contributed by atoms with Crippen molar-refractivity contribution < 1.29 is 9.32 Å². The Bertz CT molecular complexity index is 1110. The molecule has 140 valence electrons. The number of hydrogen-bond acceptors (Lipinski definition) is 5. The Labute approximate surface area is 162 Å². The molecule has 0 radical (unpaired) electrons. The Balaban J connectivity index is 1.44. The molecule has 0 aliphatic carbocycles. The van der Waals surface area contributed by atoms with Crippen molar-refractivity contribution in [3.63, 3.8) is 0 Å². The molecule has 1 N–H and O–H groups in total. The van der Waals surface area contributed by atoms with Gasteiger partial charge in [0.2, 0.25) is 5.95 Å². The summed E-state index contributed by atoms with van der Waals surface area (Å²) in [7, 11) is 0. The second-order valence-electron chi connectivity index (χ2n) is 6.59. The van der Waals surface area contributed by atoms with Crippen molar-refractivity contribution >= 4 is 11.9 Å². The van der Waals surface area contributed by atoms with Gasteiger partial charge >= 0.3 is 0 Å². The quantitative estimate of drug-likeness (QED) is 0.574. The maximum absolute atomic E-state index is 12.4. The first-order valence-electron chi connectivity index (χ1n) is 8.87. The van der Waals surface area contributed by atoms with Gasteiger partial charge in [-0.05, 0) is 25.0 Å². The summed E-state index contributed by atoms with van der Waals surface area (Å²) in [5.41, 5.74) is 4.50. The Morgan fingerprint density at radius 1 is 1.11 bits per heavy atom. The molecular weight excluding hydrogens is 354 g/mol. The third-order valence-corrected chi connectivity index (χ3v) is 4.43. The van der Waals surface area contributed by atoms with Gasteiger partial charge in [-0.3, -0.25) is 10.1 Å². The zero-order chi connectivity index (χ0) is 19.5. The lowest BCUT2D eigenvalue weighted by Crippen LogP contribution is -2.13. The van der Waals surface area contributed by atoms with Gasteiger partial charge < -0.3 is 4.52 Å². The SMILES string of the molecule is Cc1ccc(-c2cc(C(=O)Nc3ncn(Cc4ccccc4C)n3)no2)cc1. The maximum Gasteiger partial charge on any atom is 0.280 e. The van der Waals surface area contributed by atoms with Gasteiger partial charge in [-0.15, -0.1) is 5.10 Å². The van der Waals surface area contributed by atoms with E-state index >= 15 is 0 Å². The molecule has 0 bridgehead atoms. The summed E-state index contributed by atoms with van der Waals surface area (Å²) < 4.78 is 6.97. The highest BCUT2D eigenvalue weighted by Gasteiger charge is 2.15. The maximum atomic E-state index is 12.4. The van der Waals surface area contributed by atoms with Crippen molar-refractivity contribution in [1.82, 2.24) is 19.9 Å². The molecule has 1 amide bonds. The molecule has 2 aromatic carbocycles. The Hall–Kier alpha value is -3.74. The number of anilines is 1. The highest BCUT2D eigenvalue weighted by Crippen LogP contribution is 2.21. The second-order valence-corrected chi connectivity index (χ2v) is 6.59. The number of amides is 1. The van der Waals surface area contributed by atoms with E-state index in [0.29, 0.717) is 12.3 Å². The van der Waals surface area contributed by atoms with E-state index in [4.69, 9.17) is 4.52 Å². The van der Waals surface area contributed by atoms with E-state index in [2.05, 4.69) is 20.6 Å². The number of aromatic nitrogens is 4. The summed E-state index contributed by atoms with van der Waals surface area (Å²) in [6, 6.07) is 17.5. The molecule has 4 rings (SSSR count). The molecule has 2 aromatic heterocycles. The summed E-state index contributed by atoms with van der Waals surface area (Å²) in [6.07, 6.45) is 1.59. The van der Waals surface area contributed by atoms with E-state index in [9.17, 15) is 4.79 Å². The van der Waals surface area contributed by atoms with Crippen molar-refractivity contribution in [2.45, 2.75) is 20.4 Å². The average molecular weight is 373 g/mol. The molecule has 0 fully saturated rings. The van der Waals surface area contributed by atoms with E-state index < -0.39 is 5.91 Å². The summed E-state index contributed by atoms with van der Waals surface area (Å²) >= 11 is 0. The fourth-order valence-electron chi connectivity index (χ4n) is 2.79. The summed E-state index contributed by atoms with van der Waals surface area (Å²) in [6.45, 7) is 4.64. The first kappa shape index (κ1) is 17.7. The van der Waals surface area contributed by atoms with Gasteiger partial charge in [-0.1, -0.05) is 59.3 Å². The normalized spacial score (nSPS) is 10.8. The molecular formula is C21H19N5O2. The van der Waals surface area contributed by atoms with Crippen LogP contribution in [-0.4, -0.2) is 25.8 Å². The van der Waals surface area contributed by atoms with Crippen LogP contribution in [0.2, 0.25) is 0 Å². The Morgan fingerprint density at radius 2 is 1.89 bits per heavy atom. The van der Waals surface area contributed by atoms with Crippen LogP contribution in [0.15, 0.2) is 65.4 Å². The third kappa shape index (κ3) is 3.83. The number of nitrogens with zero attached hydrogens (tertiary/aromatic N) is 4. The second kappa shape index (κ2) is 7.48. The zero-order valence-electron chi connectivity index (χ0n) is 15.6. The average Bonchev–Trinajstić information content (AvgIpc) is 3.34. The van der Waals surface area contributed by atoms with Crippen molar-refractivity contribution in [2.24, 2.45) is 0 Å². The molecule has 0 saturated heterocycles. The number of rotatable bonds is 5. The molecule has 0 unspecified atom stereocenters. The lowest BCUT2D eigenvalue weighted by molar-refractivity contribution is 0.101. The molecule has 0 aliphatic heterocycles. The van der Waals surface area contributed by atoms with E-state index in [1.54, 1.807) is 17.1 Å². The Kier molecular flexibility index (Phi) is 4.72. The molecule has 0 saturated carbocycles. The van der Waals surface area contributed by atoms with Crippen LogP contribution >= 0.6 is 0 Å². The van der Waals surface area contributed by atoms with Crippen LogP contribution in [0, 0.1) is 13.8 Å². The van der Waals surface area contributed by atoms with Crippen LogP contribution in [0.25, 0.3) is 11.3 Å². The van der Waals surface area contributed by atoms with E-state index in [-0.39, 0.29) is 11.6 Å². The lowest BCUT2D eigenvalue weighted by Gasteiger charge is -2.04. The highest BCUT2D eigenvalue weighted by atomic mass is 16.5. The number of hydrogen-bond donors (Lipinski definition) is 1. The number of carbonyl (C=O) groups excluding carboxylic acids is 1. The zero-order valence-corrected chi connectivity index (χ0v) is 15.6. The van der Waals surface area contributed by atoms with Crippen molar-refractivity contribution in [2.75, 3.05) is 5.32 Å². The minimum Gasteiger partial charge on any atom is -0.355 e. The molecule has 4 aromatic rings. The monoisotopic (exact) mass is 373 g/mol. The van der Waals surface area contributed by atoms with Crippen LogP contribution in [0.4, 0.5) is 5.95 Å². The van der Waals surface area contributed by atoms with Gasteiger partial charge in [0.05, 0.1) is 6.54 Å². The Morgan fingerprint density at radius 3 is 2.68 bits per heavy atom. The minimum atomic E-state index is -0.421. The molecule has 28 heavy (non-hydrogen) atoms. The van der Waals surface area contributed by atoms with Gasteiger partial charge in [0.1, 0.15) is 6.33 Å². The lowest BCUT2D eigenvalue weighted by atomic mass is 10.1. The molecule has 0 atom stereocenters. The van der Waals surface area contributed by atoms with Crippen LogP contribution in [0.5, 0.6) is 0 Å². The minimum absolute atomic E-state index is 0.172. The highest BCUT2D eigenvalue weighted by molar-refractivity contribution is 6.02. The standard InChI is InChI=1S/C21H19N5O2/c1-14-7-9-16(10-8-14)19-11-18(25-28-19)20(27)23-21-22-13-26(24-21)12-17-6-4-3-5-15(17)2/h3-11,13H,12H2,1-2H3,(H,23,24,27). The predicted molar refractivity (Wildman–Crippen MR) is 105 cm³/mol. The molecule has 7 nitrogen and oxygen atoms in total. The van der Waals surface area contributed by atoms with Crippen molar-refractivity contribution in [1.29, 1.82) is 0 Å². The first-order chi connectivity index (χ1) is 13.6. The number of nitrogens with one attached hydrogen (secondary N) is 1. The van der Waals surface area contributed by atoms with Gasteiger partial charge in [0.15, 0.2) is 11.5 Å². The summed E-state index contributed by atoms with van der Waals surface area (Å²) in [5, 5.41) is 10.8. The van der Waals surface area contributed by atoms with E-state index in [0.717, 1.165) is 16.7 Å². The molecule has 0 spiro atoms. The van der Waals surface area contributed by atoms with E-state index in [1.165, 1.54) is 5.56 Å². The third-order valence-electron chi connectivity index (χ3n) is 4.43. The van der Waals surface area contributed by atoms with Gasteiger partial charge in [0.25, 0.3) is 5.91 Å². The van der Waals surface area contributed by atoms with Crippen LogP contribution < -0.4 is 5.32 Å². The fraction of sp³-hybridized carbons (Fsp3) is 0.143. The number of aryl methyl sites for hydroxylation is 2. The van der Waals surface area contributed by atoms with Crippen molar-refractivity contribution in [3.05, 3.63) is 83.3 Å². The molecule has 0 aliphatic rings. The topological polar surface area (TPSA) is 85.8 Å². The molecule has 7 heteroatoms. The first-order valence-corrected chi connectivity index (χ1v) is 8.87. The van der Waals surface area contributed by atoms with E-state index in [1.807, 2.05) is 62.4 Å². The van der Waals surface area contributed by atoms with Crippen LogP contribution in [0.3, 0.4) is 0 Å². The van der Waals surface area contributed by atoms with Gasteiger partial charge in [0, 0.05) is 11.6 Å². The smallest absolute Gasteiger partial charge is 0.280 e. The predicted octanol–water partition coefficient (Wildman–Crippen LogP) is 3.85. The van der Waals surface area contributed by atoms with Crippen LogP contribution in [-0.2, 0) is 6.54 Å². The fourth-order valence-corrected chi connectivity index (χ4v) is 2.79. The van der Waals surface area contributed by atoms with Crippen molar-refractivity contribution in [3.8, 4) is 11.3 Å². The number of carbonyl (C=O) groups is 1. The largest absolute Gasteiger partial charge is 0.355 e. The summed E-state index contributed by atoms with van der Waals surface area (Å²) in [5.74, 6) is 0.331. The molecule has 2 heterocycles. The van der Waals surface area contributed by atoms with Crippen LogP contribution in [0.1, 0.15) is 27.2 Å². The summed E-state index contributed by atoms with van der Waals surface area (Å²) in [4.78, 5) is 16.6. The number of benzene rings is 2. The van der Waals surface area contributed by atoms with Gasteiger partial charge in [-0.25, -0.2) is 9.67 Å². The van der Waals surface area contributed by atoms with Gasteiger partial charge in [-0.2, -0.15) is 0 Å².